The first-order chi connectivity index (χ1) is 10.5. The van der Waals surface area contributed by atoms with Crippen molar-refractivity contribution in [2.24, 2.45) is 17.8 Å². The molecule has 1 N–H and O–H groups in total. The van der Waals surface area contributed by atoms with E-state index in [0.717, 1.165) is 36.4 Å². The van der Waals surface area contributed by atoms with E-state index in [2.05, 4.69) is 21.9 Å². The van der Waals surface area contributed by atoms with Crippen molar-refractivity contribution in [2.45, 2.75) is 19.8 Å². The van der Waals surface area contributed by atoms with E-state index in [4.69, 9.17) is 0 Å². The number of hydrogen-bond acceptors (Lipinski definition) is 3. The molecule has 2 fully saturated rings. The predicted octanol–water partition coefficient (Wildman–Crippen LogP) is 2.87. The fraction of sp³-hybridized carbons (Fsp3) is 0.625. The average Bonchev–Trinajstić information content (AvgIpc) is 2.91. The van der Waals surface area contributed by atoms with Gasteiger partial charge in [-0.1, -0.05) is 19.1 Å². The first kappa shape index (κ1) is 15.6. The van der Waals surface area contributed by atoms with Gasteiger partial charge in [0.1, 0.15) is 5.75 Å². The van der Waals surface area contributed by atoms with Gasteiger partial charge < -0.3 is 15.0 Å². The summed E-state index contributed by atoms with van der Waals surface area (Å²) in [4.78, 5) is 2.48. The molecule has 3 nitrogen and oxygen atoms in total. The highest BCUT2D eigenvalue weighted by atomic mass is 19.4. The van der Waals surface area contributed by atoms with Crippen molar-refractivity contribution < 1.29 is 17.9 Å². The second-order valence-electron chi connectivity index (χ2n) is 6.17. The zero-order valence-corrected chi connectivity index (χ0v) is 12.6. The highest BCUT2D eigenvalue weighted by molar-refractivity contribution is 5.28. The van der Waals surface area contributed by atoms with Crippen LogP contribution in [0.1, 0.15) is 12.5 Å². The fourth-order valence-corrected chi connectivity index (χ4v) is 3.53. The standard InChI is InChI=1S/C16H21F3N2O/c1-2-21-9-14-13(15(14)10-21)8-20-7-11-4-3-5-12(6-11)22-16(17,18)19/h3-6,13-15,20H,2,7-10H2,1H3. The van der Waals surface area contributed by atoms with Gasteiger partial charge in [-0.3, -0.25) is 0 Å². The van der Waals surface area contributed by atoms with Crippen LogP contribution in [0.3, 0.4) is 0 Å². The van der Waals surface area contributed by atoms with Gasteiger partial charge in [-0.15, -0.1) is 13.2 Å². The number of piperidine rings is 1. The second kappa shape index (κ2) is 6.08. The molecule has 1 aromatic carbocycles. The van der Waals surface area contributed by atoms with Crippen LogP contribution in [0.15, 0.2) is 24.3 Å². The zero-order valence-electron chi connectivity index (χ0n) is 12.6. The summed E-state index contributed by atoms with van der Waals surface area (Å²) in [5.74, 6) is 2.20. The van der Waals surface area contributed by atoms with E-state index in [1.54, 1.807) is 6.07 Å². The molecule has 0 radical (unpaired) electrons. The molecule has 1 heterocycles. The van der Waals surface area contributed by atoms with Crippen molar-refractivity contribution in [1.29, 1.82) is 0 Å². The molecule has 1 saturated heterocycles. The molecule has 0 aromatic heterocycles. The maximum atomic E-state index is 12.2. The number of hydrogen-bond donors (Lipinski definition) is 1. The fourth-order valence-electron chi connectivity index (χ4n) is 3.53. The maximum Gasteiger partial charge on any atom is 0.573 e. The summed E-state index contributed by atoms with van der Waals surface area (Å²) in [7, 11) is 0. The molecule has 3 rings (SSSR count). The Labute approximate surface area is 128 Å². The van der Waals surface area contributed by atoms with E-state index >= 15 is 0 Å². The molecular weight excluding hydrogens is 293 g/mol. The van der Waals surface area contributed by atoms with Crippen LogP contribution in [0, 0.1) is 17.8 Å². The Bertz CT molecular complexity index is 508. The van der Waals surface area contributed by atoms with E-state index in [1.165, 1.54) is 25.2 Å². The lowest BCUT2D eigenvalue weighted by molar-refractivity contribution is -0.274. The van der Waals surface area contributed by atoms with Gasteiger partial charge in [0.15, 0.2) is 0 Å². The van der Waals surface area contributed by atoms with Crippen LogP contribution in [0.25, 0.3) is 0 Å². The van der Waals surface area contributed by atoms with Crippen molar-refractivity contribution >= 4 is 0 Å². The molecule has 1 aromatic rings. The zero-order chi connectivity index (χ0) is 15.7. The number of benzene rings is 1. The van der Waals surface area contributed by atoms with Gasteiger partial charge in [0.2, 0.25) is 0 Å². The minimum Gasteiger partial charge on any atom is -0.406 e. The minimum absolute atomic E-state index is 0.159. The Morgan fingerprint density at radius 1 is 1.27 bits per heavy atom. The Morgan fingerprint density at radius 2 is 2.00 bits per heavy atom. The van der Waals surface area contributed by atoms with Crippen molar-refractivity contribution in [1.82, 2.24) is 10.2 Å². The molecule has 0 amide bonds. The van der Waals surface area contributed by atoms with Gasteiger partial charge in [0.25, 0.3) is 0 Å². The number of fused-ring (bicyclic) bond motifs is 1. The van der Waals surface area contributed by atoms with Gasteiger partial charge in [-0.25, -0.2) is 0 Å². The Kier molecular flexibility index (Phi) is 4.32. The van der Waals surface area contributed by atoms with E-state index in [0.29, 0.717) is 6.54 Å². The number of alkyl halides is 3. The van der Waals surface area contributed by atoms with E-state index in [1.807, 2.05) is 6.07 Å². The molecule has 2 unspecified atom stereocenters. The summed E-state index contributed by atoms with van der Waals surface area (Å²) in [5, 5.41) is 3.36. The summed E-state index contributed by atoms with van der Waals surface area (Å²) in [6.45, 7) is 7.22. The van der Waals surface area contributed by atoms with E-state index < -0.39 is 6.36 Å². The van der Waals surface area contributed by atoms with Crippen LogP contribution in [-0.4, -0.2) is 37.4 Å². The summed E-state index contributed by atoms with van der Waals surface area (Å²) in [6, 6.07) is 6.15. The summed E-state index contributed by atoms with van der Waals surface area (Å²) >= 11 is 0. The van der Waals surface area contributed by atoms with Crippen molar-refractivity contribution in [2.75, 3.05) is 26.2 Å². The Morgan fingerprint density at radius 3 is 2.64 bits per heavy atom. The second-order valence-corrected chi connectivity index (χ2v) is 6.17. The molecular formula is C16H21F3N2O. The van der Waals surface area contributed by atoms with Crippen molar-refractivity contribution in [3.05, 3.63) is 29.8 Å². The molecule has 2 aliphatic rings. The van der Waals surface area contributed by atoms with Crippen LogP contribution in [0.5, 0.6) is 5.75 Å². The van der Waals surface area contributed by atoms with Crippen LogP contribution in [0.2, 0.25) is 0 Å². The third-order valence-electron chi connectivity index (χ3n) is 4.74. The Hall–Kier alpha value is -1.27. The smallest absolute Gasteiger partial charge is 0.406 e. The third kappa shape index (κ3) is 3.73. The Balaban J connectivity index is 1.42. The van der Waals surface area contributed by atoms with Crippen LogP contribution in [0.4, 0.5) is 13.2 Å². The maximum absolute atomic E-state index is 12.2. The lowest BCUT2D eigenvalue weighted by Crippen LogP contribution is -2.27. The minimum atomic E-state index is -4.64. The first-order valence-corrected chi connectivity index (χ1v) is 7.74. The molecule has 122 valence electrons. The van der Waals surface area contributed by atoms with Crippen LogP contribution in [-0.2, 0) is 6.54 Å². The highest BCUT2D eigenvalue weighted by Gasteiger charge is 2.54. The first-order valence-electron chi connectivity index (χ1n) is 7.74. The van der Waals surface area contributed by atoms with E-state index in [9.17, 15) is 13.2 Å². The quantitative estimate of drug-likeness (QED) is 0.874. The number of nitrogens with zero attached hydrogens (tertiary/aromatic N) is 1. The highest BCUT2D eigenvalue weighted by Crippen LogP contribution is 2.51. The van der Waals surface area contributed by atoms with Crippen molar-refractivity contribution in [3.63, 3.8) is 0 Å². The lowest BCUT2D eigenvalue weighted by atomic mass is 10.2. The van der Waals surface area contributed by atoms with Crippen LogP contribution >= 0.6 is 0 Å². The number of nitrogens with one attached hydrogen (secondary N) is 1. The monoisotopic (exact) mass is 314 g/mol. The van der Waals surface area contributed by atoms with Crippen LogP contribution < -0.4 is 10.1 Å². The molecule has 0 bridgehead atoms. The predicted molar refractivity (Wildman–Crippen MR) is 77.4 cm³/mol. The summed E-state index contributed by atoms with van der Waals surface area (Å²) in [5.41, 5.74) is 0.808. The number of likely N-dealkylation sites (tertiary alicyclic amines) is 1. The van der Waals surface area contributed by atoms with Gasteiger partial charge in [0.05, 0.1) is 0 Å². The number of ether oxygens (including phenoxy) is 1. The summed E-state index contributed by atoms with van der Waals surface area (Å²) < 4.78 is 40.5. The molecule has 1 aliphatic heterocycles. The third-order valence-corrected chi connectivity index (χ3v) is 4.74. The molecule has 6 heteroatoms. The molecule has 22 heavy (non-hydrogen) atoms. The number of halogens is 3. The van der Waals surface area contributed by atoms with Gasteiger partial charge in [0, 0.05) is 19.6 Å². The topological polar surface area (TPSA) is 24.5 Å². The SMILES string of the molecule is CCN1CC2C(CNCc3cccc(OC(F)(F)F)c3)C2C1. The number of rotatable bonds is 6. The van der Waals surface area contributed by atoms with Crippen molar-refractivity contribution in [3.8, 4) is 5.75 Å². The van der Waals surface area contributed by atoms with Gasteiger partial charge in [-0.2, -0.15) is 0 Å². The summed E-state index contributed by atoms with van der Waals surface area (Å²) in [6.07, 6.45) is -4.64. The van der Waals surface area contributed by atoms with Gasteiger partial charge >= 0.3 is 6.36 Å². The molecule has 1 saturated carbocycles. The molecule has 2 atom stereocenters. The average molecular weight is 314 g/mol. The normalized spacial score (nSPS) is 27.7. The molecule has 0 spiro atoms. The lowest BCUT2D eigenvalue weighted by Gasteiger charge is -2.17. The van der Waals surface area contributed by atoms with E-state index in [-0.39, 0.29) is 5.75 Å². The largest absolute Gasteiger partial charge is 0.573 e. The molecule has 1 aliphatic carbocycles. The van der Waals surface area contributed by atoms with Gasteiger partial charge in [-0.05, 0) is 48.5 Å².